The van der Waals surface area contributed by atoms with Gasteiger partial charge in [-0.25, -0.2) is 0 Å². The minimum Gasteiger partial charge on any atom is -0.313 e. The first-order valence-corrected chi connectivity index (χ1v) is 8.21. The van der Waals surface area contributed by atoms with Crippen LogP contribution in [-0.2, 0) is 0 Å². The van der Waals surface area contributed by atoms with Gasteiger partial charge >= 0.3 is 0 Å². The molecule has 1 N–H and O–H groups in total. The monoisotopic (exact) mass is 261 g/mol. The molecule has 0 radical (unpaired) electrons. The quantitative estimate of drug-likeness (QED) is 0.825. The molecule has 18 heavy (non-hydrogen) atoms. The molecule has 1 aliphatic carbocycles. The number of nitrogens with one attached hydrogen (secondary N) is 1. The third-order valence-electron chi connectivity index (χ3n) is 4.43. The second-order valence-corrected chi connectivity index (χ2v) is 7.44. The predicted octanol–water partition coefficient (Wildman–Crippen LogP) is 3.81. The van der Waals surface area contributed by atoms with E-state index in [1.54, 1.807) is 5.56 Å². The fourth-order valence-electron chi connectivity index (χ4n) is 3.38. The van der Waals surface area contributed by atoms with E-state index in [-0.39, 0.29) is 0 Å². The molecule has 0 bridgehead atoms. The summed E-state index contributed by atoms with van der Waals surface area (Å²) in [5.74, 6) is 0.784. The maximum atomic E-state index is 3.77. The predicted molar refractivity (Wildman–Crippen MR) is 80.3 cm³/mol. The van der Waals surface area contributed by atoms with Crippen molar-refractivity contribution in [1.82, 2.24) is 5.32 Å². The van der Waals surface area contributed by atoms with Gasteiger partial charge in [0.1, 0.15) is 0 Å². The van der Waals surface area contributed by atoms with Gasteiger partial charge in [-0.2, -0.15) is 11.8 Å². The van der Waals surface area contributed by atoms with Crippen molar-refractivity contribution >= 4 is 11.8 Å². The molecule has 0 aromatic heterocycles. The lowest BCUT2D eigenvalue weighted by Crippen LogP contribution is -2.41. The van der Waals surface area contributed by atoms with E-state index in [4.69, 9.17) is 0 Å². The molecule has 2 heteroatoms. The van der Waals surface area contributed by atoms with Crippen molar-refractivity contribution in [2.45, 2.75) is 55.1 Å². The van der Waals surface area contributed by atoms with Crippen LogP contribution in [0.4, 0.5) is 0 Å². The van der Waals surface area contributed by atoms with Gasteiger partial charge in [0.2, 0.25) is 0 Å². The molecular formula is C16H23NS. The van der Waals surface area contributed by atoms with Crippen LogP contribution in [0.25, 0.3) is 0 Å². The third-order valence-corrected chi connectivity index (χ3v) is 6.00. The van der Waals surface area contributed by atoms with Crippen molar-refractivity contribution in [2.75, 3.05) is 6.54 Å². The summed E-state index contributed by atoms with van der Waals surface area (Å²) in [5.41, 5.74) is 1.55. The third kappa shape index (κ3) is 2.75. The summed E-state index contributed by atoms with van der Waals surface area (Å²) in [6, 6.07) is 11.9. The molecule has 1 aromatic carbocycles. The van der Waals surface area contributed by atoms with Gasteiger partial charge in [0.25, 0.3) is 0 Å². The maximum absolute atomic E-state index is 3.77. The molecule has 0 amide bonds. The average Bonchev–Trinajstić information content (AvgIpc) is 2.59. The molecule has 2 fully saturated rings. The Hall–Kier alpha value is -0.470. The van der Waals surface area contributed by atoms with Crippen LogP contribution in [0.3, 0.4) is 0 Å². The fraction of sp³-hybridized carbons (Fsp3) is 0.625. The molecule has 98 valence electrons. The second-order valence-electron chi connectivity index (χ2n) is 5.76. The van der Waals surface area contributed by atoms with E-state index < -0.39 is 0 Å². The Labute approximate surface area is 115 Å². The van der Waals surface area contributed by atoms with E-state index in [0.29, 0.717) is 0 Å². The molecule has 4 atom stereocenters. The molecule has 1 aliphatic heterocycles. The van der Waals surface area contributed by atoms with Crippen LogP contribution in [-0.4, -0.2) is 23.1 Å². The Morgan fingerprint density at radius 1 is 1.11 bits per heavy atom. The number of hydrogen-bond donors (Lipinski definition) is 1. The summed E-state index contributed by atoms with van der Waals surface area (Å²) in [6.45, 7) is 3.60. The van der Waals surface area contributed by atoms with Gasteiger partial charge in [0.05, 0.1) is 0 Å². The van der Waals surface area contributed by atoms with Crippen LogP contribution in [0.15, 0.2) is 30.3 Å². The van der Waals surface area contributed by atoms with Crippen LogP contribution in [0, 0.1) is 0 Å². The standard InChI is InChI=1S/C16H23NS/c1-12-9-10-17-15-8-7-14(11-16(15)18-12)13-5-3-2-4-6-13/h2-6,12,14-17H,7-11H2,1H3. The van der Waals surface area contributed by atoms with Gasteiger partial charge in [-0.1, -0.05) is 37.3 Å². The molecule has 1 saturated carbocycles. The van der Waals surface area contributed by atoms with E-state index in [9.17, 15) is 0 Å². The first-order valence-electron chi connectivity index (χ1n) is 7.26. The minimum atomic E-state index is 0.764. The summed E-state index contributed by atoms with van der Waals surface area (Å²) in [5, 5.41) is 5.41. The zero-order chi connectivity index (χ0) is 12.4. The summed E-state index contributed by atoms with van der Waals surface area (Å²) in [6.07, 6.45) is 5.39. The van der Waals surface area contributed by atoms with Crippen LogP contribution < -0.4 is 5.32 Å². The Morgan fingerprint density at radius 3 is 2.78 bits per heavy atom. The van der Waals surface area contributed by atoms with Crippen LogP contribution in [0.1, 0.15) is 44.1 Å². The number of benzene rings is 1. The van der Waals surface area contributed by atoms with Crippen LogP contribution >= 0.6 is 11.8 Å². The Kier molecular flexibility index (Phi) is 3.95. The number of thioether (sulfide) groups is 1. The van der Waals surface area contributed by atoms with Gasteiger partial charge in [-0.3, -0.25) is 0 Å². The first-order chi connectivity index (χ1) is 8.83. The molecule has 1 aromatic rings. The Morgan fingerprint density at radius 2 is 1.94 bits per heavy atom. The van der Waals surface area contributed by atoms with Crippen molar-refractivity contribution in [3.63, 3.8) is 0 Å². The lowest BCUT2D eigenvalue weighted by molar-refractivity contribution is 0.358. The van der Waals surface area contributed by atoms with E-state index in [1.807, 2.05) is 0 Å². The van der Waals surface area contributed by atoms with Gasteiger partial charge in [0.15, 0.2) is 0 Å². The van der Waals surface area contributed by atoms with E-state index in [2.05, 4.69) is 54.3 Å². The van der Waals surface area contributed by atoms with E-state index >= 15 is 0 Å². The molecule has 4 unspecified atom stereocenters. The SMILES string of the molecule is CC1CCNC2CCC(c3ccccc3)CC2S1. The highest BCUT2D eigenvalue weighted by Crippen LogP contribution is 2.41. The fourth-order valence-corrected chi connectivity index (χ4v) is 5.00. The molecule has 1 heterocycles. The highest BCUT2D eigenvalue weighted by atomic mass is 32.2. The first kappa shape index (κ1) is 12.6. The Balaban J connectivity index is 1.71. The smallest absolute Gasteiger partial charge is 0.0209 e. The summed E-state index contributed by atoms with van der Waals surface area (Å²) in [4.78, 5) is 0. The van der Waals surface area contributed by atoms with Crippen molar-refractivity contribution in [3.05, 3.63) is 35.9 Å². The molecule has 0 spiro atoms. The minimum absolute atomic E-state index is 0.764. The lowest BCUT2D eigenvalue weighted by atomic mass is 9.81. The van der Waals surface area contributed by atoms with Gasteiger partial charge in [-0.15, -0.1) is 0 Å². The largest absolute Gasteiger partial charge is 0.313 e. The lowest BCUT2D eigenvalue weighted by Gasteiger charge is -2.35. The van der Waals surface area contributed by atoms with Crippen molar-refractivity contribution in [1.29, 1.82) is 0 Å². The van der Waals surface area contributed by atoms with Crippen LogP contribution in [0.5, 0.6) is 0 Å². The normalized spacial score (nSPS) is 36.7. The van der Waals surface area contributed by atoms with Gasteiger partial charge in [-0.05, 0) is 43.7 Å². The highest BCUT2D eigenvalue weighted by molar-refractivity contribution is 8.00. The van der Waals surface area contributed by atoms with E-state index in [0.717, 1.165) is 22.5 Å². The summed E-state index contributed by atoms with van der Waals surface area (Å²) >= 11 is 2.23. The maximum Gasteiger partial charge on any atom is 0.0209 e. The topological polar surface area (TPSA) is 12.0 Å². The zero-order valence-electron chi connectivity index (χ0n) is 11.1. The van der Waals surface area contributed by atoms with Crippen molar-refractivity contribution < 1.29 is 0 Å². The Bertz CT molecular complexity index is 378. The van der Waals surface area contributed by atoms with E-state index in [1.165, 1.54) is 32.2 Å². The average molecular weight is 261 g/mol. The number of rotatable bonds is 1. The second kappa shape index (κ2) is 5.66. The van der Waals surface area contributed by atoms with Gasteiger partial charge < -0.3 is 5.32 Å². The molecule has 3 rings (SSSR count). The van der Waals surface area contributed by atoms with Gasteiger partial charge in [0, 0.05) is 16.5 Å². The summed E-state index contributed by atoms with van der Waals surface area (Å²) < 4.78 is 0. The van der Waals surface area contributed by atoms with Crippen LogP contribution in [0.2, 0.25) is 0 Å². The number of fused-ring (bicyclic) bond motifs is 1. The van der Waals surface area contributed by atoms with Crippen molar-refractivity contribution in [3.8, 4) is 0 Å². The summed E-state index contributed by atoms with van der Waals surface area (Å²) in [7, 11) is 0. The molecule has 1 saturated heterocycles. The zero-order valence-corrected chi connectivity index (χ0v) is 12.0. The highest BCUT2D eigenvalue weighted by Gasteiger charge is 2.33. The molecular weight excluding hydrogens is 238 g/mol. The van der Waals surface area contributed by atoms with Crippen molar-refractivity contribution in [2.24, 2.45) is 0 Å². The molecule has 1 nitrogen and oxygen atoms in total. The number of hydrogen-bond acceptors (Lipinski definition) is 2. The molecule has 2 aliphatic rings.